The Morgan fingerprint density at radius 3 is 2.36 bits per heavy atom. The number of nitrogens with zero attached hydrogens (tertiary/aromatic N) is 1. The molecule has 0 aromatic carbocycles. The van der Waals surface area contributed by atoms with Crippen LogP contribution in [0.2, 0.25) is 0 Å². The molecule has 0 heterocycles. The maximum Gasteiger partial charge on any atom is 0.0133 e. The predicted molar refractivity (Wildman–Crippen MR) is 60.2 cm³/mol. The van der Waals surface area contributed by atoms with E-state index in [0.717, 1.165) is 24.4 Å². The van der Waals surface area contributed by atoms with Crippen molar-refractivity contribution >= 4 is 0 Å². The van der Waals surface area contributed by atoms with Crippen LogP contribution in [0.1, 0.15) is 38.5 Å². The Kier molecular flexibility index (Phi) is 3.45. The third kappa shape index (κ3) is 2.12. The smallest absolute Gasteiger partial charge is 0.0133 e. The van der Waals surface area contributed by atoms with E-state index in [-0.39, 0.29) is 0 Å². The minimum absolute atomic E-state index is 0.793. The Balaban J connectivity index is 1.74. The van der Waals surface area contributed by atoms with Crippen molar-refractivity contribution in [3.63, 3.8) is 0 Å². The number of hydrogen-bond donors (Lipinski definition) is 1. The normalized spacial score (nSPS) is 33.6. The van der Waals surface area contributed by atoms with Crippen LogP contribution in [0.25, 0.3) is 0 Å². The fourth-order valence-corrected chi connectivity index (χ4v) is 3.14. The second-order valence-corrected chi connectivity index (χ2v) is 5.23. The van der Waals surface area contributed by atoms with E-state index in [1.807, 2.05) is 0 Å². The van der Waals surface area contributed by atoms with E-state index in [1.165, 1.54) is 45.1 Å². The van der Waals surface area contributed by atoms with Crippen molar-refractivity contribution in [1.29, 1.82) is 0 Å². The zero-order valence-electron chi connectivity index (χ0n) is 9.41. The molecule has 2 saturated carbocycles. The Bertz CT molecular complexity index is 173. The molecule has 82 valence electrons. The Labute approximate surface area is 87.8 Å². The molecule has 14 heavy (non-hydrogen) atoms. The van der Waals surface area contributed by atoms with Gasteiger partial charge in [-0.25, -0.2) is 0 Å². The average molecular weight is 196 g/mol. The zero-order chi connectivity index (χ0) is 9.97. The summed E-state index contributed by atoms with van der Waals surface area (Å²) >= 11 is 0. The number of nitrogens with two attached hydrogens (primary N) is 1. The molecule has 2 atom stereocenters. The topological polar surface area (TPSA) is 29.3 Å². The molecule has 2 unspecified atom stereocenters. The van der Waals surface area contributed by atoms with Gasteiger partial charge in [-0.2, -0.15) is 0 Å². The van der Waals surface area contributed by atoms with Gasteiger partial charge in [0, 0.05) is 12.6 Å². The fourth-order valence-electron chi connectivity index (χ4n) is 3.14. The molecule has 2 heteroatoms. The lowest BCUT2D eigenvalue weighted by Crippen LogP contribution is -2.49. The van der Waals surface area contributed by atoms with Crippen LogP contribution in [0, 0.1) is 11.8 Å². The summed E-state index contributed by atoms with van der Waals surface area (Å²) in [5.41, 5.74) is 5.74. The zero-order valence-corrected chi connectivity index (χ0v) is 9.41. The Morgan fingerprint density at radius 1 is 1.14 bits per heavy atom. The second kappa shape index (κ2) is 4.63. The van der Waals surface area contributed by atoms with Gasteiger partial charge in [-0.3, -0.25) is 0 Å². The summed E-state index contributed by atoms with van der Waals surface area (Å²) in [5, 5.41) is 0. The minimum atomic E-state index is 0.793. The standard InChI is InChI=1S/C12H24N2/c1-14(9-10-4-2-3-5-10)12-7-6-11(12)8-13/h10-12H,2-9,13H2,1H3. The molecule has 0 amide bonds. The van der Waals surface area contributed by atoms with E-state index >= 15 is 0 Å². The quantitative estimate of drug-likeness (QED) is 0.743. The monoisotopic (exact) mass is 196 g/mol. The van der Waals surface area contributed by atoms with Gasteiger partial charge >= 0.3 is 0 Å². The van der Waals surface area contributed by atoms with Crippen LogP contribution in [0.5, 0.6) is 0 Å². The van der Waals surface area contributed by atoms with E-state index in [9.17, 15) is 0 Å². The van der Waals surface area contributed by atoms with E-state index in [2.05, 4.69) is 11.9 Å². The largest absolute Gasteiger partial charge is 0.330 e. The molecule has 0 aliphatic heterocycles. The molecular formula is C12H24N2. The summed E-state index contributed by atoms with van der Waals surface area (Å²) in [6.45, 7) is 2.21. The van der Waals surface area contributed by atoms with E-state index in [1.54, 1.807) is 0 Å². The average Bonchev–Trinajstić information content (AvgIpc) is 2.55. The number of hydrogen-bond acceptors (Lipinski definition) is 2. The van der Waals surface area contributed by atoms with Crippen LogP contribution in [-0.4, -0.2) is 31.1 Å². The molecule has 2 N–H and O–H groups in total. The molecule has 0 spiro atoms. The third-order valence-electron chi connectivity index (χ3n) is 4.27. The molecule has 2 rings (SSSR count). The van der Waals surface area contributed by atoms with Crippen LogP contribution in [0.3, 0.4) is 0 Å². The van der Waals surface area contributed by atoms with Gasteiger partial charge in [-0.1, -0.05) is 12.8 Å². The van der Waals surface area contributed by atoms with Crippen molar-refractivity contribution in [1.82, 2.24) is 4.90 Å². The van der Waals surface area contributed by atoms with Crippen molar-refractivity contribution in [3.8, 4) is 0 Å². The van der Waals surface area contributed by atoms with E-state index in [0.29, 0.717) is 0 Å². The summed E-state index contributed by atoms with van der Waals surface area (Å²) in [6, 6.07) is 0.806. The van der Waals surface area contributed by atoms with Crippen molar-refractivity contribution in [2.75, 3.05) is 20.1 Å². The van der Waals surface area contributed by atoms with Gasteiger partial charge in [0.15, 0.2) is 0 Å². The number of rotatable bonds is 4. The van der Waals surface area contributed by atoms with E-state index < -0.39 is 0 Å². The fraction of sp³-hybridized carbons (Fsp3) is 1.00. The summed E-state index contributed by atoms with van der Waals surface area (Å²) in [4.78, 5) is 2.58. The van der Waals surface area contributed by atoms with E-state index in [4.69, 9.17) is 5.73 Å². The lowest BCUT2D eigenvalue weighted by molar-refractivity contribution is 0.0767. The van der Waals surface area contributed by atoms with Gasteiger partial charge < -0.3 is 10.6 Å². The first kappa shape index (κ1) is 10.4. The van der Waals surface area contributed by atoms with Gasteiger partial charge in [0.2, 0.25) is 0 Å². The van der Waals surface area contributed by atoms with Gasteiger partial charge in [0.25, 0.3) is 0 Å². The maximum absolute atomic E-state index is 5.74. The summed E-state index contributed by atoms with van der Waals surface area (Å²) in [5.74, 6) is 1.78. The maximum atomic E-state index is 5.74. The van der Waals surface area contributed by atoms with Crippen LogP contribution in [0.15, 0.2) is 0 Å². The van der Waals surface area contributed by atoms with Crippen LogP contribution in [0.4, 0.5) is 0 Å². The van der Waals surface area contributed by atoms with Crippen molar-refractivity contribution in [2.45, 2.75) is 44.6 Å². The molecule has 2 aliphatic rings. The third-order valence-corrected chi connectivity index (χ3v) is 4.27. The molecule has 0 aromatic heterocycles. The van der Waals surface area contributed by atoms with Gasteiger partial charge in [0.1, 0.15) is 0 Å². The van der Waals surface area contributed by atoms with Gasteiger partial charge in [0.05, 0.1) is 0 Å². The van der Waals surface area contributed by atoms with Crippen LogP contribution in [-0.2, 0) is 0 Å². The van der Waals surface area contributed by atoms with Crippen molar-refractivity contribution in [3.05, 3.63) is 0 Å². The first-order valence-electron chi connectivity index (χ1n) is 6.21. The highest BCUT2D eigenvalue weighted by atomic mass is 15.1. The minimum Gasteiger partial charge on any atom is -0.330 e. The molecule has 0 radical (unpaired) electrons. The SMILES string of the molecule is CN(CC1CCCC1)C1CCC1CN. The van der Waals surface area contributed by atoms with Crippen molar-refractivity contribution in [2.24, 2.45) is 17.6 Å². The summed E-state index contributed by atoms with van der Waals surface area (Å²) in [6.07, 6.45) is 8.59. The first-order valence-corrected chi connectivity index (χ1v) is 6.21. The Hall–Kier alpha value is -0.0800. The second-order valence-electron chi connectivity index (χ2n) is 5.23. The summed E-state index contributed by atoms with van der Waals surface area (Å²) in [7, 11) is 2.30. The first-order chi connectivity index (χ1) is 6.81. The Morgan fingerprint density at radius 2 is 1.86 bits per heavy atom. The highest BCUT2D eigenvalue weighted by Crippen LogP contribution is 2.33. The molecule has 2 nitrogen and oxygen atoms in total. The summed E-state index contributed by atoms with van der Waals surface area (Å²) < 4.78 is 0. The van der Waals surface area contributed by atoms with Crippen molar-refractivity contribution < 1.29 is 0 Å². The highest BCUT2D eigenvalue weighted by Gasteiger charge is 2.33. The van der Waals surface area contributed by atoms with Crippen LogP contribution < -0.4 is 5.73 Å². The van der Waals surface area contributed by atoms with Crippen LogP contribution >= 0.6 is 0 Å². The molecule has 0 saturated heterocycles. The highest BCUT2D eigenvalue weighted by molar-refractivity contribution is 4.89. The molecule has 0 aromatic rings. The molecular weight excluding hydrogens is 172 g/mol. The molecule has 0 bridgehead atoms. The predicted octanol–water partition coefficient (Wildman–Crippen LogP) is 1.85. The lowest BCUT2D eigenvalue weighted by Gasteiger charge is -2.43. The van der Waals surface area contributed by atoms with Gasteiger partial charge in [-0.05, 0) is 51.1 Å². The molecule has 2 aliphatic carbocycles. The lowest BCUT2D eigenvalue weighted by atomic mass is 9.78. The molecule has 2 fully saturated rings. The van der Waals surface area contributed by atoms with Gasteiger partial charge in [-0.15, -0.1) is 0 Å².